The molecule has 2 heteroatoms. The molecule has 1 nitrogen and oxygen atoms in total. The zero-order valence-corrected chi connectivity index (χ0v) is 14.3. The summed E-state index contributed by atoms with van der Waals surface area (Å²) in [6.45, 7) is 17.7. The topological polar surface area (TPSA) is 12.9 Å². The van der Waals surface area contributed by atoms with Crippen LogP contribution in [0.25, 0.3) is 12.2 Å². The quantitative estimate of drug-likeness (QED) is 0.659. The number of hydrogen-bond donors (Lipinski definition) is 0. The van der Waals surface area contributed by atoms with Gasteiger partial charge in [-0.05, 0) is 24.4 Å². The highest BCUT2D eigenvalue weighted by molar-refractivity contribution is 7.27. The number of allylic oxidation sites excluding steroid dienone is 1. The van der Waals surface area contributed by atoms with Gasteiger partial charge in [0.2, 0.25) is 0 Å². The molecule has 1 aromatic heterocycles. The first-order valence-corrected chi connectivity index (χ1v) is 7.36. The maximum atomic E-state index is 4.23. The van der Waals surface area contributed by atoms with E-state index in [1.165, 1.54) is 0 Å². The molecule has 0 radical (unpaired) electrons. The van der Waals surface area contributed by atoms with Gasteiger partial charge in [-0.15, -0.1) is 9.24 Å². The highest BCUT2D eigenvalue weighted by atomic mass is 31.0. The largest absolute Gasteiger partial charge is 0.256 e. The van der Waals surface area contributed by atoms with Crippen molar-refractivity contribution >= 4 is 26.7 Å². The van der Waals surface area contributed by atoms with Crippen molar-refractivity contribution in [2.45, 2.75) is 48.5 Å². The summed E-state index contributed by atoms with van der Waals surface area (Å²) in [6, 6.07) is 2.06. The molecule has 1 atom stereocenters. The number of hydrogen-bond acceptors (Lipinski definition) is 1. The minimum Gasteiger partial charge on any atom is -0.256 e. The average molecular weight is 267 g/mol. The van der Waals surface area contributed by atoms with Gasteiger partial charge in [-0.1, -0.05) is 60.3 Å². The van der Waals surface area contributed by atoms with E-state index in [0.29, 0.717) is 0 Å². The minimum atomic E-state index is 0.930. The van der Waals surface area contributed by atoms with Crippen LogP contribution in [0.1, 0.15) is 59.7 Å². The second-order valence-electron chi connectivity index (χ2n) is 2.45. The molecule has 0 fully saturated rings. The first kappa shape index (κ1) is 22.3. The van der Waals surface area contributed by atoms with E-state index in [9.17, 15) is 0 Å². The highest BCUT2D eigenvalue weighted by Gasteiger charge is 1.95. The van der Waals surface area contributed by atoms with Crippen LogP contribution >= 0.6 is 9.24 Å². The summed E-state index contributed by atoms with van der Waals surface area (Å²) in [7, 11) is 2.63. The van der Waals surface area contributed by atoms with Gasteiger partial charge in [-0.3, -0.25) is 4.98 Å². The Hall–Kier alpha value is -0.940. The number of aromatic nitrogens is 1. The fraction of sp³-hybridized carbons (Fsp3) is 0.438. The van der Waals surface area contributed by atoms with Crippen LogP contribution in [0.15, 0.2) is 24.9 Å². The lowest BCUT2D eigenvalue weighted by Gasteiger charge is -2.00. The Morgan fingerprint density at radius 2 is 1.61 bits per heavy atom. The van der Waals surface area contributed by atoms with Crippen molar-refractivity contribution in [1.29, 1.82) is 0 Å². The first-order valence-electron chi connectivity index (χ1n) is 6.78. The van der Waals surface area contributed by atoms with Crippen molar-refractivity contribution in [3.05, 3.63) is 36.2 Å². The van der Waals surface area contributed by atoms with E-state index in [-0.39, 0.29) is 0 Å². The van der Waals surface area contributed by atoms with Gasteiger partial charge in [-0.25, -0.2) is 0 Å². The van der Waals surface area contributed by atoms with Gasteiger partial charge >= 0.3 is 0 Å². The van der Waals surface area contributed by atoms with Gasteiger partial charge in [0.1, 0.15) is 0 Å². The van der Waals surface area contributed by atoms with Crippen LogP contribution < -0.4 is 5.30 Å². The van der Waals surface area contributed by atoms with Crippen LogP contribution in [-0.4, -0.2) is 4.98 Å². The molecular weight excluding hydrogens is 237 g/mol. The van der Waals surface area contributed by atoms with E-state index in [1.54, 1.807) is 6.08 Å². The molecule has 0 saturated carbocycles. The lowest BCUT2D eigenvalue weighted by atomic mass is 10.2. The van der Waals surface area contributed by atoms with Crippen molar-refractivity contribution in [2.24, 2.45) is 0 Å². The third kappa shape index (κ3) is 10.2. The zero-order valence-electron chi connectivity index (χ0n) is 13.1. The first-order chi connectivity index (χ1) is 8.77. The smallest absolute Gasteiger partial charge is 0.0696 e. The maximum Gasteiger partial charge on any atom is 0.0696 e. The second kappa shape index (κ2) is 18.4. The number of nitrogens with zero attached hydrogens (tertiary/aromatic N) is 1. The van der Waals surface area contributed by atoms with Crippen LogP contribution in [0.4, 0.5) is 0 Å². The Balaban J connectivity index is -0.000000328. The maximum absolute atomic E-state index is 4.23. The highest BCUT2D eigenvalue weighted by Crippen LogP contribution is 2.08. The van der Waals surface area contributed by atoms with E-state index in [0.717, 1.165) is 16.6 Å². The van der Waals surface area contributed by atoms with Gasteiger partial charge in [0.15, 0.2) is 0 Å². The van der Waals surface area contributed by atoms with Crippen LogP contribution in [0, 0.1) is 0 Å². The average Bonchev–Trinajstić information content (AvgIpc) is 2.46. The van der Waals surface area contributed by atoms with Crippen LogP contribution in [0.3, 0.4) is 0 Å². The van der Waals surface area contributed by atoms with Gasteiger partial charge < -0.3 is 0 Å². The normalized spacial score (nSPS) is 8.00. The summed E-state index contributed by atoms with van der Waals surface area (Å²) >= 11 is 0. The summed E-state index contributed by atoms with van der Waals surface area (Å²) < 4.78 is 0. The molecule has 0 aliphatic heterocycles. The zero-order chi connectivity index (χ0) is 15.0. The van der Waals surface area contributed by atoms with E-state index < -0.39 is 0 Å². The third-order valence-electron chi connectivity index (χ3n) is 1.51. The summed E-state index contributed by atoms with van der Waals surface area (Å²) in [4.78, 5) is 4.23. The Kier molecular flexibility index (Phi) is 22.8. The van der Waals surface area contributed by atoms with Gasteiger partial charge in [-0.2, -0.15) is 0 Å². The van der Waals surface area contributed by atoms with Crippen molar-refractivity contribution in [1.82, 2.24) is 4.98 Å². The van der Waals surface area contributed by atoms with Gasteiger partial charge in [0, 0.05) is 11.8 Å². The molecular formula is C16H30NP. The fourth-order valence-electron chi connectivity index (χ4n) is 0.993. The molecule has 0 aliphatic rings. The standard InChI is InChI=1S/C10H12NP.3C2H6/c1-3-5-8-6-9(12)7-11-10(8)4-2;3*1-2/h3-7H,2,12H2,1H3;3*1-2H3/b5-3-;;;. The molecule has 0 aliphatic carbocycles. The summed E-state index contributed by atoms with van der Waals surface area (Å²) in [6.07, 6.45) is 7.60. The summed E-state index contributed by atoms with van der Waals surface area (Å²) in [5.74, 6) is 0. The van der Waals surface area contributed by atoms with Crippen LogP contribution in [-0.2, 0) is 0 Å². The molecule has 0 N–H and O–H groups in total. The third-order valence-corrected chi connectivity index (χ3v) is 1.83. The van der Waals surface area contributed by atoms with E-state index in [1.807, 2.05) is 66.8 Å². The van der Waals surface area contributed by atoms with E-state index in [4.69, 9.17) is 0 Å². The van der Waals surface area contributed by atoms with E-state index in [2.05, 4.69) is 26.9 Å². The Morgan fingerprint density at radius 3 is 2.00 bits per heavy atom. The predicted octanol–water partition coefficient (Wildman–Crippen LogP) is 5.34. The van der Waals surface area contributed by atoms with Crippen molar-refractivity contribution < 1.29 is 0 Å². The Bertz CT molecular complexity index is 317. The van der Waals surface area contributed by atoms with E-state index >= 15 is 0 Å². The molecule has 0 spiro atoms. The SMILES string of the molecule is C=Cc1ncc(P)cc1/C=C\C.CC.CC.CC. The summed E-state index contributed by atoms with van der Waals surface area (Å²) in [5, 5.41) is 1.09. The van der Waals surface area contributed by atoms with Crippen LogP contribution in [0.5, 0.6) is 0 Å². The fourth-order valence-corrected chi connectivity index (χ4v) is 1.25. The second-order valence-corrected chi connectivity index (χ2v) is 3.11. The summed E-state index contributed by atoms with van der Waals surface area (Å²) in [5.41, 5.74) is 2.04. The lowest BCUT2D eigenvalue weighted by Crippen LogP contribution is -1.96. The molecule has 0 bridgehead atoms. The van der Waals surface area contributed by atoms with Gasteiger partial charge in [0.25, 0.3) is 0 Å². The minimum absolute atomic E-state index is 0.930. The molecule has 1 unspecified atom stereocenters. The molecule has 1 heterocycles. The van der Waals surface area contributed by atoms with Gasteiger partial charge in [0.05, 0.1) is 5.69 Å². The Labute approximate surface area is 117 Å². The number of rotatable bonds is 2. The monoisotopic (exact) mass is 267 g/mol. The predicted molar refractivity (Wildman–Crippen MR) is 92.4 cm³/mol. The van der Waals surface area contributed by atoms with Crippen LogP contribution in [0.2, 0.25) is 0 Å². The number of pyridine rings is 1. The van der Waals surface area contributed by atoms with Crippen molar-refractivity contribution in [2.75, 3.05) is 0 Å². The molecule has 0 saturated heterocycles. The molecule has 1 aromatic rings. The van der Waals surface area contributed by atoms with Crippen molar-refractivity contribution in [3.63, 3.8) is 0 Å². The lowest BCUT2D eigenvalue weighted by molar-refractivity contribution is 1.30. The van der Waals surface area contributed by atoms with Crippen molar-refractivity contribution in [3.8, 4) is 0 Å². The molecule has 0 aromatic carbocycles. The Morgan fingerprint density at radius 1 is 1.11 bits per heavy atom. The molecule has 104 valence electrons. The molecule has 0 amide bonds. The molecule has 18 heavy (non-hydrogen) atoms. The molecule has 1 rings (SSSR count).